The molecule has 2 unspecified atom stereocenters. The highest BCUT2D eigenvalue weighted by Gasteiger charge is 2.13. The number of hydrogen-bond donors (Lipinski definition) is 0. The lowest BCUT2D eigenvalue weighted by Crippen LogP contribution is -2.24. The maximum atomic E-state index is 6.01. The van der Waals surface area contributed by atoms with E-state index < -0.39 is 0 Å². The molecule has 8 heteroatoms. The average molecular weight is 499 g/mol. The summed E-state index contributed by atoms with van der Waals surface area (Å²) in [6.07, 6.45) is 4.60. The molecule has 0 heterocycles. The van der Waals surface area contributed by atoms with E-state index in [0.717, 1.165) is 36.3 Å². The van der Waals surface area contributed by atoms with Crippen molar-refractivity contribution in [2.75, 3.05) is 80.3 Å². The van der Waals surface area contributed by atoms with E-state index in [2.05, 4.69) is 20.4 Å². The van der Waals surface area contributed by atoms with Gasteiger partial charge in [-0.05, 0) is 43.9 Å². The van der Waals surface area contributed by atoms with Crippen molar-refractivity contribution in [2.45, 2.75) is 45.3 Å². The van der Waals surface area contributed by atoms with Gasteiger partial charge >= 0.3 is 0 Å². The third-order valence-electron chi connectivity index (χ3n) is 5.16. The van der Waals surface area contributed by atoms with E-state index in [1.807, 2.05) is 24.3 Å². The van der Waals surface area contributed by atoms with Gasteiger partial charge in [-0.1, -0.05) is 19.1 Å². The molecule has 0 aliphatic carbocycles. The summed E-state index contributed by atoms with van der Waals surface area (Å²) >= 11 is 0. The molecular weight excluding hydrogens is 452 g/mol. The Morgan fingerprint density at radius 3 is 2.03 bits per heavy atom. The summed E-state index contributed by atoms with van der Waals surface area (Å²) in [4.78, 5) is 0. The Morgan fingerprint density at radius 2 is 1.43 bits per heavy atom. The molecule has 35 heavy (non-hydrogen) atoms. The fraction of sp³-hybridized carbons (Fsp3) is 0.704. The summed E-state index contributed by atoms with van der Waals surface area (Å²) in [5.41, 5.74) is 1.14. The first-order valence-electron chi connectivity index (χ1n) is 12.5. The van der Waals surface area contributed by atoms with Crippen molar-refractivity contribution in [3.63, 3.8) is 0 Å². The van der Waals surface area contributed by atoms with Crippen LogP contribution in [0.25, 0.3) is 0 Å². The van der Waals surface area contributed by atoms with Gasteiger partial charge in [0.05, 0.1) is 78.8 Å². The van der Waals surface area contributed by atoms with Crippen molar-refractivity contribution in [1.29, 1.82) is 0 Å². The smallest absolute Gasteiger partial charge is 0.161 e. The van der Waals surface area contributed by atoms with Crippen LogP contribution in [0.2, 0.25) is 0 Å². The SMILES string of the molecule is C=CCc1ccc(OCCOC(CC)CC(C)OCCOCCOCCOCCOC)c(OC)c1. The van der Waals surface area contributed by atoms with Crippen molar-refractivity contribution in [1.82, 2.24) is 0 Å². The highest BCUT2D eigenvalue weighted by atomic mass is 16.6. The quantitative estimate of drug-likeness (QED) is 0.156. The predicted octanol–water partition coefficient (Wildman–Crippen LogP) is 4.09. The summed E-state index contributed by atoms with van der Waals surface area (Å²) in [6.45, 7) is 13.4. The maximum absolute atomic E-state index is 6.01. The van der Waals surface area contributed by atoms with Crippen LogP contribution >= 0.6 is 0 Å². The van der Waals surface area contributed by atoms with E-state index >= 15 is 0 Å². The van der Waals surface area contributed by atoms with Crippen LogP contribution in [0.1, 0.15) is 32.3 Å². The van der Waals surface area contributed by atoms with E-state index in [-0.39, 0.29) is 12.2 Å². The van der Waals surface area contributed by atoms with Crippen molar-refractivity contribution in [2.24, 2.45) is 0 Å². The molecule has 1 aromatic carbocycles. The molecule has 0 saturated heterocycles. The summed E-state index contributed by atoms with van der Waals surface area (Å²) in [5.74, 6) is 1.44. The summed E-state index contributed by atoms with van der Waals surface area (Å²) in [6, 6.07) is 5.92. The standard InChI is InChI=1S/C27H46O8/c1-6-8-24-9-10-26(27(22-24)29-5)35-20-19-34-25(7-2)21-23(3)33-18-17-32-16-15-31-14-13-30-12-11-28-4/h6,9-10,22-23,25H,1,7-8,11-21H2,2-5H3. The third kappa shape index (κ3) is 15.8. The number of rotatable bonds is 24. The molecule has 202 valence electrons. The first-order chi connectivity index (χ1) is 17.1. The van der Waals surface area contributed by atoms with Crippen LogP contribution in [0.15, 0.2) is 30.9 Å². The molecule has 1 aromatic rings. The van der Waals surface area contributed by atoms with Crippen LogP contribution in [0.3, 0.4) is 0 Å². The van der Waals surface area contributed by atoms with E-state index in [4.69, 9.17) is 37.9 Å². The van der Waals surface area contributed by atoms with Gasteiger partial charge in [0.25, 0.3) is 0 Å². The number of allylic oxidation sites excluding steroid dienone is 1. The Kier molecular flexibility index (Phi) is 19.3. The van der Waals surface area contributed by atoms with Gasteiger partial charge in [0, 0.05) is 7.11 Å². The molecule has 0 spiro atoms. The summed E-state index contributed by atoms with van der Waals surface area (Å²) < 4.78 is 44.4. The van der Waals surface area contributed by atoms with Crippen LogP contribution in [0.4, 0.5) is 0 Å². The van der Waals surface area contributed by atoms with Crippen LogP contribution in [0, 0.1) is 0 Å². The highest BCUT2D eigenvalue weighted by Crippen LogP contribution is 2.28. The number of ether oxygens (including phenoxy) is 8. The zero-order valence-electron chi connectivity index (χ0n) is 22.1. The van der Waals surface area contributed by atoms with E-state index in [9.17, 15) is 0 Å². The lowest BCUT2D eigenvalue weighted by molar-refractivity contribution is -0.0410. The van der Waals surface area contributed by atoms with Gasteiger partial charge in [-0.25, -0.2) is 0 Å². The lowest BCUT2D eigenvalue weighted by atomic mass is 10.1. The molecule has 0 aromatic heterocycles. The second kappa shape index (κ2) is 21.6. The van der Waals surface area contributed by atoms with Gasteiger partial charge < -0.3 is 37.9 Å². The van der Waals surface area contributed by atoms with Crippen LogP contribution in [0.5, 0.6) is 11.5 Å². The monoisotopic (exact) mass is 498 g/mol. The fourth-order valence-electron chi connectivity index (χ4n) is 3.27. The van der Waals surface area contributed by atoms with Gasteiger partial charge in [-0.15, -0.1) is 6.58 Å². The molecule has 0 fully saturated rings. The van der Waals surface area contributed by atoms with Crippen LogP contribution in [-0.2, 0) is 34.8 Å². The number of benzene rings is 1. The van der Waals surface area contributed by atoms with Gasteiger partial charge in [0.1, 0.15) is 6.61 Å². The van der Waals surface area contributed by atoms with E-state index in [1.54, 1.807) is 14.2 Å². The van der Waals surface area contributed by atoms with Gasteiger partial charge in [0.15, 0.2) is 11.5 Å². The Bertz CT molecular complexity index is 640. The van der Waals surface area contributed by atoms with Crippen molar-refractivity contribution < 1.29 is 37.9 Å². The Labute approximate surface area is 211 Å². The molecule has 8 nitrogen and oxygen atoms in total. The number of methoxy groups -OCH3 is 2. The average Bonchev–Trinajstić information content (AvgIpc) is 2.87. The van der Waals surface area contributed by atoms with E-state index in [0.29, 0.717) is 66.1 Å². The zero-order valence-corrected chi connectivity index (χ0v) is 22.1. The minimum absolute atomic E-state index is 0.0856. The normalized spacial score (nSPS) is 12.9. The van der Waals surface area contributed by atoms with E-state index in [1.165, 1.54) is 0 Å². The predicted molar refractivity (Wildman–Crippen MR) is 137 cm³/mol. The summed E-state index contributed by atoms with van der Waals surface area (Å²) in [7, 11) is 3.30. The molecule has 0 bridgehead atoms. The Hall–Kier alpha value is -1.68. The molecular formula is C27H46O8. The molecule has 0 aliphatic rings. The largest absolute Gasteiger partial charge is 0.493 e. The first kappa shape index (κ1) is 31.4. The maximum Gasteiger partial charge on any atom is 0.161 e. The Morgan fingerprint density at radius 1 is 0.800 bits per heavy atom. The molecule has 0 radical (unpaired) electrons. The molecule has 2 atom stereocenters. The Balaban J connectivity index is 2.09. The van der Waals surface area contributed by atoms with Gasteiger partial charge in [-0.3, -0.25) is 0 Å². The second-order valence-electron chi connectivity index (χ2n) is 7.97. The van der Waals surface area contributed by atoms with Crippen LogP contribution in [-0.4, -0.2) is 92.5 Å². The van der Waals surface area contributed by atoms with Crippen molar-refractivity contribution in [3.05, 3.63) is 36.4 Å². The van der Waals surface area contributed by atoms with Crippen molar-refractivity contribution in [3.8, 4) is 11.5 Å². The van der Waals surface area contributed by atoms with Gasteiger partial charge in [0.2, 0.25) is 0 Å². The minimum Gasteiger partial charge on any atom is -0.493 e. The van der Waals surface area contributed by atoms with Crippen LogP contribution < -0.4 is 9.47 Å². The molecule has 1 rings (SSSR count). The fourth-order valence-corrected chi connectivity index (χ4v) is 3.27. The highest BCUT2D eigenvalue weighted by molar-refractivity contribution is 5.43. The lowest BCUT2D eigenvalue weighted by Gasteiger charge is -2.21. The zero-order chi connectivity index (χ0) is 25.6. The summed E-state index contributed by atoms with van der Waals surface area (Å²) in [5, 5.41) is 0. The number of hydrogen-bond acceptors (Lipinski definition) is 8. The molecule has 0 N–H and O–H groups in total. The molecule has 0 saturated carbocycles. The first-order valence-corrected chi connectivity index (χ1v) is 12.5. The second-order valence-corrected chi connectivity index (χ2v) is 7.97. The molecule has 0 aliphatic heterocycles. The van der Waals surface area contributed by atoms with Crippen molar-refractivity contribution >= 4 is 0 Å². The topological polar surface area (TPSA) is 73.8 Å². The molecule has 0 amide bonds. The third-order valence-corrected chi connectivity index (χ3v) is 5.16. The minimum atomic E-state index is 0.0856. The van der Waals surface area contributed by atoms with Gasteiger partial charge in [-0.2, -0.15) is 0 Å².